The molecule has 0 saturated carbocycles. The first-order valence-corrected chi connectivity index (χ1v) is 9.40. The lowest BCUT2D eigenvalue weighted by Crippen LogP contribution is -2.62. The molecule has 2 atom stereocenters. The molecule has 1 spiro atoms. The molecule has 0 aromatic heterocycles. The molecule has 2 heterocycles. The SMILES string of the molecule is O=C(CCCCc1ccccc1)N1CC[C@@H](O)[C@@]2(CCCNC2=O)C1. The molecule has 0 bridgehead atoms. The van der Waals surface area contributed by atoms with Gasteiger partial charge < -0.3 is 15.3 Å². The van der Waals surface area contributed by atoms with Gasteiger partial charge in [0.05, 0.1) is 11.5 Å². The first-order valence-electron chi connectivity index (χ1n) is 9.40. The summed E-state index contributed by atoms with van der Waals surface area (Å²) in [6.07, 6.45) is 4.71. The quantitative estimate of drug-likeness (QED) is 0.802. The van der Waals surface area contributed by atoms with Crippen molar-refractivity contribution in [1.29, 1.82) is 0 Å². The Kier molecular flexibility index (Phi) is 5.74. The van der Waals surface area contributed by atoms with Gasteiger partial charge in [0, 0.05) is 26.1 Å². The summed E-state index contributed by atoms with van der Waals surface area (Å²) in [5.41, 5.74) is 0.504. The predicted molar refractivity (Wildman–Crippen MR) is 95.9 cm³/mol. The molecule has 0 aliphatic carbocycles. The molecule has 2 fully saturated rings. The number of aryl methyl sites for hydroxylation is 1. The fraction of sp³-hybridized carbons (Fsp3) is 0.600. The highest BCUT2D eigenvalue weighted by molar-refractivity contribution is 5.86. The zero-order valence-corrected chi connectivity index (χ0v) is 14.7. The van der Waals surface area contributed by atoms with Crippen molar-refractivity contribution in [2.45, 2.75) is 51.0 Å². The number of piperidine rings is 2. The third-order valence-corrected chi connectivity index (χ3v) is 5.62. The van der Waals surface area contributed by atoms with Crippen LogP contribution in [0.5, 0.6) is 0 Å². The Labute approximate surface area is 149 Å². The fourth-order valence-corrected chi connectivity index (χ4v) is 4.06. The first kappa shape index (κ1) is 17.9. The van der Waals surface area contributed by atoms with Crippen molar-refractivity contribution in [3.05, 3.63) is 35.9 Å². The van der Waals surface area contributed by atoms with Gasteiger partial charge in [0.1, 0.15) is 0 Å². The van der Waals surface area contributed by atoms with Gasteiger partial charge in [0.15, 0.2) is 0 Å². The molecular formula is C20H28N2O3. The van der Waals surface area contributed by atoms with Crippen LogP contribution in [0.15, 0.2) is 30.3 Å². The molecule has 5 nitrogen and oxygen atoms in total. The lowest BCUT2D eigenvalue weighted by atomic mass is 9.71. The molecule has 2 amide bonds. The maximum Gasteiger partial charge on any atom is 0.230 e. The number of aliphatic hydroxyl groups is 1. The summed E-state index contributed by atoms with van der Waals surface area (Å²) in [5, 5.41) is 13.3. The third kappa shape index (κ3) is 4.03. The average molecular weight is 344 g/mol. The van der Waals surface area contributed by atoms with Crippen molar-refractivity contribution in [1.82, 2.24) is 10.2 Å². The van der Waals surface area contributed by atoms with Gasteiger partial charge in [-0.15, -0.1) is 0 Å². The molecule has 1 aromatic carbocycles. The lowest BCUT2D eigenvalue weighted by molar-refractivity contribution is -0.154. The molecule has 0 radical (unpaired) electrons. The summed E-state index contributed by atoms with van der Waals surface area (Å²) >= 11 is 0. The minimum Gasteiger partial charge on any atom is -0.392 e. The van der Waals surface area contributed by atoms with E-state index in [1.807, 2.05) is 18.2 Å². The molecule has 2 N–H and O–H groups in total. The summed E-state index contributed by atoms with van der Waals surface area (Å²) in [4.78, 5) is 26.7. The highest BCUT2D eigenvalue weighted by Gasteiger charge is 2.50. The van der Waals surface area contributed by atoms with Crippen LogP contribution < -0.4 is 5.32 Å². The second-order valence-corrected chi connectivity index (χ2v) is 7.33. The van der Waals surface area contributed by atoms with Gasteiger partial charge in [-0.1, -0.05) is 30.3 Å². The summed E-state index contributed by atoms with van der Waals surface area (Å²) in [5.74, 6) is 0.0190. The van der Waals surface area contributed by atoms with Crippen molar-refractivity contribution < 1.29 is 14.7 Å². The number of hydrogen-bond acceptors (Lipinski definition) is 3. The number of benzene rings is 1. The van der Waals surface area contributed by atoms with Crippen molar-refractivity contribution in [2.24, 2.45) is 5.41 Å². The number of carbonyl (C=O) groups is 2. The zero-order valence-electron chi connectivity index (χ0n) is 14.7. The van der Waals surface area contributed by atoms with Gasteiger partial charge in [-0.2, -0.15) is 0 Å². The minimum absolute atomic E-state index is 0.0900. The number of amides is 2. The van der Waals surface area contributed by atoms with Crippen molar-refractivity contribution in [2.75, 3.05) is 19.6 Å². The van der Waals surface area contributed by atoms with Crippen LogP contribution in [0.25, 0.3) is 0 Å². The molecule has 2 aliphatic heterocycles. The Morgan fingerprint density at radius 2 is 2.08 bits per heavy atom. The van der Waals surface area contributed by atoms with Crippen LogP contribution in [0, 0.1) is 5.41 Å². The van der Waals surface area contributed by atoms with Crippen LogP contribution in [0.4, 0.5) is 0 Å². The number of likely N-dealkylation sites (tertiary alicyclic amines) is 1. The minimum atomic E-state index is -0.795. The number of rotatable bonds is 5. The average Bonchev–Trinajstić information content (AvgIpc) is 2.64. The van der Waals surface area contributed by atoms with Gasteiger partial charge >= 0.3 is 0 Å². The smallest absolute Gasteiger partial charge is 0.230 e. The number of nitrogens with zero attached hydrogens (tertiary/aromatic N) is 1. The van der Waals surface area contributed by atoms with E-state index in [4.69, 9.17) is 0 Å². The second-order valence-electron chi connectivity index (χ2n) is 7.33. The Morgan fingerprint density at radius 1 is 1.28 bits per heavy atom. The summed E-state index contributed by atoms with van der Waals surface area (Å²) < 4.78 is 0. The Bertz CT molecular complexity index is 604. The maximum atomic E-state index is 12.6. The van der Waals surface area contributed by atoms with E-state index in [9.17, 15) is 14.7 Å². The summed E-state index contributed by atoms with van der Waals surface area (Å²) in [6, 6.07) is 10.3. The molecule has 5 heteroatoms. The highest BCUT2D eigenvalue weighted by atomic mass is 16.3. The number of hydrogen-bond donors (Lipinski definition) is 2. The summed E-state index contributed by atoms with van der Waals surface area (Å²) in [7, 11) is 0. The Morgan fingerprint density at radius 3 is 2.84 bits per heavy atom. The third-order valence-electron chi connectivity index (χ3n) is 5.62. The fourth-order valence-electron chi connectivity index (χ4n) is 4.06. The first-order chi connectivity index (χ1) is 12.1. The van der Waals surface area contributed by atoms with E-state index in [-0.39, 0.29) is 11.8 Å². The maximum absolute atomic E-state index is 12.6. The van der Waals surface area contributed by atoms with E-state index in [2.05, 4.69) is 17.4 Å². The van der Waals surface area contributed by atoms with Crippen molar-refractivity contribution >= 4 is 11.8 Å². The van der Waals surface area contributed by atoms with Crippen molar-refractivity contribution in [3.63, 3.8) is 0 Å². The van der Waals surface area contributed by atoms with E-state index in [0.717, 1.165) is 25.7 Å². The second kappa shape index (κ2) is 8.00. The Hall–Kier alpha value is -1.88. The van der Waals surface area contributed by atoms with E-state index in [1.54, 1.807) is 4.90 Å². The van der Waals surface area contributed by atoms with Gasteiger partial charge in [0.2, 0.25) is 11.8 Å². The van der Waals surface area contributed by atoms with Crippen LogP contribution in [0.2, 0.25) is 0 Å². The van der Waals surface area contributed by atoms with Gasteiger partial charge in [-0.3, -0.25) is 9.59 Å². The lowest BCUT2D eigenvalue weighted by Gasteiger charge is -2.46. The van der Waals surface area contributed by atoms with Crippen LogP contribution in [0.1, 0.15) is 44.1 Å². The standard InChI is InChI=1S/C20H28N2O3/c23-17-11-14-22(15-20(17)12-6-13-21-19(20)25)18(24)10-5-4-9-16-7-2-1-3-8-16/h1-3,7-8,17,23H,4-6,9-15H2,(H,21,25)/t17-,20-/m1/s1. The highest BCUT2D eigenvalue weighted by Crippen LogP contribution is 2.37. The van der Waals surface area contributed by atoms with Gasteiger partial charge in [-0.25, -0.2) is 0 Å². The zero-order chi connectivity index (χ0) is 17.7. The molecular weight excluding hydrogens is 316 g/mol. The van der Waals surface area contributed by atoms with E-state index < -0.39 is 11.5 Å². The Balaban J connectivity index is 1.49. The monoisotopic (exact) mass is 344 g/mol. The molecule has 1 aromatic rings. The van der Waals surface area contributed by atoms with Crippen LogP contribution in [0.3, 0.4) is 0 Å². The van der Waals surface area contributed by atoms with E-state index in [1.165, 1.54) is 5.56 Å². The van der Waals surface area contributed by atoms with Crippen molar-refractivity contribution in [3.8, 4) is 0 Å². The number of nitrogens with one attached hydrogen (secondary N) is 1. The topological polar surface area (TPSA) is 69.6 Å². The van der Waals surface area contributed by atoms with Gasteiger partial charge in [-0.05, 0) is 44.1 Å². The summed E-state index contributed by atoms with van der Waals surface area (Å²) in [6.45, 7) is 1.58. The molecule has 136 valence electrons. The van der Waals surface area contributed by atoms with Crippen LogP contribution >= 0.6 is 0 Å². The van der Waals surface area contributed by atoms with Crippen LogP contribution in [-0.2, 0) is 16.0 Å². The van der Waals surface area contributed by atoms with E-state index in [0.29, 0.717) is 38.9 Å². The van der Waals surface area contributed by atoms with Gasteiger partial charge in [0.25, 0.3) is 0 Å². The number of aliphatic hydroxyl groups excluding tert-OH is 1. The normalized spacial score (nSPS) is 26.5. The molecule has 2 saturated heterocycles. The molecule has 25 heavy (non-hydrogen) atoms. The largest absolute Gasteiger partial charge is 0.392 e. The number of carbonyl (C=O) groups excluding carboxylic acids is 2. The van der Waals surface area contributed by atoms with Crippen LogP contribution in [-0.4, -0.2) is 47.6 Å². The molecule has 3 rings (SSSR count). The molecule has 2 aliphatic rings. The van der Waals surface area contributed by atoms with E-state index >= 15 is 0 Å². The number of unbranched alkanes of at least 4 members (excludes halogenated alkanes) is 1. The molecule has 0 unspecified atom stereocenters. The predicted octanol–water partition coefficient (Wildman–Crippen LogP) is 1.89.